The largest absolute Gasteiger partial charge is 0.360 e. The second kappa shape index (κ2) is 7.37. The van der Waals surface area contributed by atoms with E-state index in [9.17, 15) is 4.79 Å². The number of nitrogens with two attached hydrogens (primary N) is 1. The molecule has 3 aromatic rings. The normalized spacial score (nSPS) is 14.7. The van der Waals surface area contributed by atoms with Gasteiger partial charge in [0.2, 0.25) is 5.91 Å². The molecule has 1 aromatic heterocycles. The van der Waals surface area contributed by atoms with Gasteiger partial charge in [0.25, 0.3) is 0 Å². The van der Waals surface area contributed by atoms with Crippen LogP contribution in [0.3, 0.4) is 0 Å². The number of hydrogen-bond acceptors (Lipinski definition) is 4. The number of fused-ring (bicyclic) bond motifs is 1. The highest BCUT2D eigenvalue weighted by atomic mass is 16.5. The number of nitrogens with zero attached hydrogens (tertiary/aromatic N) is 2. The van der Waals surface area contributed by atoms with Gasteiger partial charge in [0.05, 0.1) is 12.6 Å². The molecular weight excluding hydrogens is 338 g/mol. The maximum absolute atomic E-state index is 12.5. The van der Waals surface area contributed by atoms with E-state index in [1.807, 2.05) is 30.0 Å². The number of carbonyl (C=O) groups excluding carboxylic acids is 1. The van der Waals surface area contributed by atoms with Gasteiger partial charge in [-0.1, -0.05) is 66.7 Å². The number of amides is 1. The lowest BCUT2D eigenvalue weighted by atomic mass is 9.98. The van der Waals surface area contributed by atoms with E-state index < -0.39 is 6.04 Å². The Hall–Kier alpha value is -2.92. The van der Waals surface area contributed by atoms with Crippen LogP contribution in [0, 0.1) is 0 Å². The fourth-order valence-corrected chi connectivity index (χ4v) is 3.48. The molecule has 5 heteroatoms. The Morgan fingerprint density at radius 1 is 1.11 bits per heavy atom. The second-order valence-corrected chi connectivity index (χ2v) is 6.90. The first-order chi connectivity index (χ1) is 13.2. The molecule has 0 fully saturated rings. The molecule has 0 aliphatic carbocycles. The highest BCUT2D eigenvalue weighted by Gasteiger charge is 2.29. The third-order valence-corrected chi connectivity index (χ3v) is 5.16. The van der Waals surface area contributed by atoms with Gasteiger partial charge in [-0.05, 0) is 17.5 Å². The minimum absolute atomic E-state index is 0.00488. The Morgan fingerprint density at radius 3 is 2.48 bits per heavy atom. The summed E-state index contributed by atoms with van der Waals surface area (Å²) in [5.41, 5.74) is 11.1. The van der Waals surface area contributed by atoms with Crippen molar-refractivity contribution in [2.75, 3.05) is 6.54 Å². The lowest BCUT2D eigenvalue weighted by Gasteiger charge is -2.28. The standard InChI is InChI=1S/C22H23N3O2/c1-2-19(23)22(26)25-13-12-20-18(14-25)21(24-27-20)17-10-8-16(9-11-17)15-6-4-3-5-7-15/h3-11,19H,2,12-14,23H2,1H3. The lowest BCUT2D eigenvalue weighted by Crippen LogP contribution is -2.45. The third-order valence-electron chi connectivity index (χ3n) is 5.16. The van der Waals surface area contributed by atoms with Crippen molar-refractivity contribution in [2.24, 2.45) is 5.73 Å². The third kappa shape index (κ3) is 3.38. The maximum Gasteiger partial charge on any atom is 0.239 e. The molecule has 0 spiro atoms. The van der Waals surface area contributed by atoms with Crippen molar-refractivity contribution in [3.63, 3.8) is 0 Å². The molecule has 27 heavy (non-hydrogen) atoms. The number of benzene rings is 2. The molecule has 5 nitrogen and oxygen atoms in total. The quantitative estimate of drug-likeness (QED) is 0.770. The summed E-state index contributed by atoms with van der Waals surface area (Å²) in [6.45, 7) is 3.05. The fourth-order valence-electron chi connectivity index (χ4n) is 3.48. The maximum atomic E-state index is 12.5. The average molecular weight is 361 g/mol. The Kier molecular flexibility index (Phi) is 4.77. The number of rotatable bonds is 4. The van der Waals surface area contributed by atoms with Crippen molar-refractivity contribution >= 4 is 5.91 Å². The van der Waals surface area contributed by atoms with E-state index in [4.69, 9.17) is 10.3 Å². The zero-order valence-corrected chi connectivity index (χ0v) is 15.4. The van der Waals surface area contributed by atoms with E-state index in [0.29, 0.717) is 25.9 Å². The van der Waals surface area contributed by atoms with Crippen molar-refractivity contribution in [3.05, 3.63) is 65.9 Å². The molecule has 1 amide bonds. The Bertz CT molecular complexity index is 932. The monoisotopic (exact) mass is 361 g/mol. The van der Waals surface area contributed by atoms with Crippen molar-refractivity contribution < 1.29 is 9.32 Å². The van der Waals surface area contributed by atoms with Crippen LogP contribution in [0.25, 0.3) is 22.4 Å². The van der Waals surface area contributed by atoms with Gasteiger partial charge < -0.3 is 15.2 Å². The summed E-state index contributed by atoms with van der Waals surface area (Å²) in [6, 6.07) is 18.1. The number of hydrogen-bond donors (Lipinski definition) is 1. The van der Waals surface area contributed by atoms with Gasteiger partial charge in [0.15, 0.2) is 0 Å². The van der Waals surface area contributed by atoms with Crippen molar-refractivity contribution in [1.82, 2.24) is 10.1 Å². The minimum Gasteiger partial charge on any atom is -0.360 e. The molecule has 0 bridgehead atoms. The summed E-state index contributed by atoms with van der Waals surface area (Å²) >= 11 is 0. The molecule has 2 aromatic carbocycles. The summed E-state index contributed by atoms with van der Waals surface area (Å²) in [4.78, 5) is 14.3. The van der Waals surface area contributed by atoms with Crippen LogP contribution in [0.1, 0.15) is 24.7 Å². The first kappa shape index (κ1) is 17.5. The van der Waals surface area contributed by atoms with Gasteiger partial charge in [0, 0.05) is 24.1 Å². The van der Waals surface area contributed by atoms with Crippen molar-refractivity contribution in [1.29, 1.82) is 0 Å². The van der Waals surface area contributed by atoms with Crippen LogP contribution in [-0.2, 0) is 17.8 Å². The Balaban J connectivity index is 1.60. The minimum atomic E-state index is -0.444. The molecule has 1 aliphatic heterocycles. The first-order valence-electron chi connectivity index (χ1n) is 9.35. The summed E-state index contributed by atoms with van der Waals surface area (Å²) in [5, 5.41) is 4.29. The van der Waals surface area contributed by atoms with Gasteiger partial charge >= 0.3 is 0 Å². The van der Waals surface area contributed by atoms with E-state index in [2.05, 4.69) is 41.6 Å². The van der Waals surface area contributed by atoms with E-state index >= 15 is 0 Å². The first-order valence-corrected chi connectivity index (χ1v) is 9.35. The zero-order valence-electron chi connectivity index (χ0n) is 15.4. The topological polar surface area (TPSA) is 72.4 Å². The van der Waals surface area contributed by atoms with E-state index in [-0.39, 0.29) is 5.91 Å². The smallest absolute Gasteiger partial charge is 0.239 e. The van der Waals surface area contributed by atoms with Gasteiger partial charge in [-0.2, -0.15) is 0 Å². The molecule has 1 aliphatic rings. The highest BCUT2D eigenvalue weighted by molar-refractivity contribution is 5.82. The summed E-state index contributed by atoms with van der Waals surface area (Å²) in [5.74, 6) is 0.862. The van der Waals surface area contributed by atoms with Crippen molar-refractivity contribution in [3.8, 4) is 22.4 Å². The van der Waals surface area contributed by atoms with Gasteiger partial charge in [0.1, 0.15) is 11.5 Å². The van der Waals surface area contributed by atoms with Gasteiger partial charge in [-0.15, -0.1) is 0 Å². The molecule has 1 unspecified atom stereocenters. The molecule has 1 atom stereocenters. The highest BCUT2D eigenvalue weighted by Crippen LogP contribution is 2.31. The predicted octanol–water partition coefficient (Wildman–Crippen LogP) is 3.63. The van der Waals surface area contributed by atoms with E-state index in [1.54, 1.807) is 0 Å². The molecule has 138 valence electrons. The second-order valence-electron chi connectivity index (χ2n) is 6.90. The predicted molar refractivity (Wildman–Crippen MR) is 105 cm³/mol. The van der Waals surface area contributed by atoms with E-state index in [1.165, 1.54) is 5.56 Å². The van der Waals surface area contributed by atoms with Crippen LogP contribution < -0.4 is 5.73 Å². The molecule has 4 rings (SSSR count). The SMILES string of the molecule is CCC(N)C(=O)N1CCc2onc(-c3ccc(-c4ccccc4)cc3)c2C1. The lowest BCUT2D eigenvalue weighted by molar-refractivity contribution is -0.133. The summed E-state index contributed by atoms with van der Waals surface area (Å²) in [6.07, 6.45) is 1.31. The fraction of sp³-hybridized carbons (Fsp3) is 0.273. The van der Waals surface area contributed by atoms with Crippen LogP contribution in [0.4, 0.5) is 0 Å². The average Bonchev–Trinajstić information content (AvgIpc) is 3.16. The van der Waals surface area contributed by atoms with Crippen molar-refractivity contribution in [2.45, 2.75) is 32.4 Å². The molecule has 0 saturated heterocycles. The molecule has 2 N–H and O–H groups in total. The number of aromatic nitrogens is 1. The van der Waals surface area contributed by atoms with Crippen LogP contribution in [0.15, 0.2) is 59.1 Å². The molecule has 0 radical (unpaired) electrons. The Morgan fingerprint density at radius 2 is 1.78 bits per heavy atom. The van der Waals surface area contributed by atoms with Crippen LogP contribution in [0.2, 0.25) is 0 Å². The molecule has 0 saturated carbocycles. The number of carbonyl (C=O) groups is 1. The van der Waals surface area contributed by atoms with Crippen LogP contribution >= 0.6 is 0 Å². The molecular formula is C22H23N3O2. The van der Waals surface area contributed by atoms with Gasteiger partial charge in [-0.3, -0.25) is 4.79 Å². The van der Waals surface area contributed by atoms with Gasteiger partial charge in [-0.25, -0.2) is 0 Å². The van der Waals surface area contributed by atoms with E-state index in [0.717, 1.165) is 28.1 Å². The summed E-state index contributed by atoms with van der Waals surface area (Å²) in [7, 11) is 0. The van der Waals surface area contributed by atoms with Crippen LogP contribution in [0.5, 0.6) is 0 Å². The molecule has 2 heterocycles. The summed E-state index contributed by atoms with van der Waals surface area (Å²) < 4.78 is 5.55. The Labute approximate surface area is 158 Å². The van der Waals surface area contributed by atoms with Crippen LogP contribution in [-0.4, -0.2) is 28.6 Å². The zero-order chi connectivity index (χ0) is 18.8.